The number of nitrogens with zero attached hydrogens (tertiary/aromatic N) is 1. The van der Waals surface area contributed by atoms with Crippen molar-refractivity contribution in [3.63, 3.8) is 0 Å². The number of ether oxygens (including phenoxy) is 3. The SMILES string of the molecule is CCOC(=O)c1cccc(N2C(=O)/C(=C/c3ccc(OC)c(OC)c3)C=C2c2ccc(Cl)cc2)c1. The van der Waals surface area contributed by atoms with Gasteiger partial charge < -0.3 is 14.2 Å². The minimum Gasteiger partial charge on any atom is -0.493 e. The first-order chi connectivity index (χ1) is 16.9. The first kappa shape index (κ1) is 24.1. The highest BCUT2D eigenvalue weighted by molar-refractivity contribution is 6.30. The number of esters is 1. The van der Waals surface area contributed by atoms with Crippen molar-refractivity contribution >= 4 is 40.9 Å². The summed E-state index contributed by atoms with van der Waals surface area (Å²) in [5.74, 6) is 0.486. The average Bonchev–Trinajstić information content (AvgIpc) is 3.20. The van der Waals surface area contributed by atoms with E-state index in [4.69, 9.17) is 25.8 Å². The normalized spacial score (nSPS) is 14.2. The number of anilines is 1. The van der Waals surface area contributed by atoms with Crippen molar-refractivity contribution in [2.24, 2.45) is 0 Å². The van der Waals surface area contributed by atoms with Crippen molar-refractivity contribution in [3.05, 3.63) is 100 Å². The summed E-state index contributed by atoms with van der Waals surface area (Å²) in [6, 6.07) is 19.5. The number of hydrogen-bond acceptors (Lipinski definition) is 5. The molecule has 0 aliphatic carbocycles. The molecule has 0 atom stereocenters. The van der Waals surface area contributed by atoms with E-state index in [2.05, 4.69) is 0 Å². The fourth-order valence-corrected chi connectivity index (χ4v) is 3.94. The van der Waals surface area contributed by atoms with E-state index in [-0.39, 0.29) is 12.5 Å². The summed E-state index contributed by atoms with van der Waals surface area (Å²) in [6.45, 7) is 2.01. The predicted octanol–water partition coefficient (Wildman–Crippen LogP) is 6.01. The Kier molecular flexibility index (Phi) is 7.22. The molecule has 4 rings (SSSR count). The number of amides is 1. The van der Waals surface area contributed by atoms with Gasteiger partial charge in [0.15, 0.2) is 11.5 Å². The molecular weight excluding hydrogens is 466 g/mol. The number of halogens is 1. The van der Waals surface area contributed by atoms with Gasteiger partial charge in [0.2, 0.25) is 0 Å². The molecule has 0 saturated carbocycles. The number of rotatable bonds is 7. The molecule has 0 radical (unpaired) electrons. The number of carbonyl (C=O) groups excluding carboxylic acids is 2. The molecule has 0 N–H and O–H groups in total. The van der Waals surface area contributed by atoms with Crippen molar-refractivity contribution in [3.8, 4) is 11.5 Å². The summed E-state index contributed by atoms with van der Waals surface area (Å²) < 4.78 is 15.8. The zero-order chi connectivity index (χ0) is 24.9. The van der Waals surface area contributed by atoms with Gasteiger partial charge in [0, 0.05) is 10.6 Å². The van der Waals surface area contributed by atoms with Crippen LogP contribution in [0.1, 0.15) is 28.4 Å². The van der Waals surface area contributed by atoms with E-state index >= 15 is 0 Å². The molecule has 0 unspecified atom stereocenters. The van der Waals surface area contributed by atoms with E-state index in [0.717, 1.165) is 11.1 Å². The highest BCUT2D eigenvalue weighted by atomic mass is 35.5. The molecule has 0 fully saturated rings. The lowest BCUT2D eigenvalue weighted by Crippen LogP contribution is -2.25. The van der Waals surface area contributed by atoms with Gasteiger partial charge in [-0.1, -0.05) is 35.9 Å². The van der Waals surface area contributed by atoms with E-state index in [1.54, 1.807) is 80.7 Å². The maximum Gasteiger partial charge on any atom is 0.338 e. The second-order valence-electron chi connectivity index (χ2n) is 7.66. The summed E-state index contributed by atoms with van der Waals surface area (Å²) in [6.07, 6.45) is 3.61. The van der Waals surface area contributed by atoms with Crippen molar-refractivity contribution in [2.75, 3.05) is 25.7 Å². The predicted molar refractivity (Wildman–Crippen MR) is 137 cm³/mol. The average molecular weight is 490 g/mol. The summed E-state index contributed by atoms with van der Waals surface area (Å²) in [4.78, 5) is 27.5. The van der Waals surface area contributed by atoms with Crippen LogP contribution in [0.4, 0.5) is 5.69 Å². The summed E-state index contributed by atoms with van der Waals surface area (Å²) in [5, 5.41) is 0.593. The van der Waals surface area contributed by atoms with Crippen LogP contribution < -0.4 is 14.4 Å². The van der Waals surface area contributed by atoms with Crippen LogP contribution in [-0.2, 0) is 9.53 Å². The second kappa shape index (κ2) is 10.5. The topological polar surface area (TPSA) is 65.1 Å². The Balaban J connectivity index is 1.80. The van der Waals surface area contributed by atoms with E-state index in [1.165, 1.54) is 0 Å². The van der Waals surface area contributed by atoms with Crippen LogP contribution in [0.5, 0.6) is 11.5 Å². The van der Waals surface area contributed by atoms with Crippen molar-refractivity contribution in [1.29, 1.82) is 0 Å². The molecule has 1 amide bonds. The summed E-state index contributed by atoms with van der Waals surface area (Å²) >= 11 is 6.09. The number of hydrogen-bond donors (Lipinski definition) is 0. The van der Waals surface area contributed by atoms with Crippen molar-refractivity contribution in [1.82, 2.24) is 0 Å². The first-order valence-electron chi connectivity index (χ1n) is 11.0. The van der Waals surface area contributed by atoms with Crippen molar-refractivity contribution < 1.29 is 23.8 Å². The quantitative estimate of drug-likeness (QED) is 0.300. The Morgan fingerprint density at radius 1 is 0.971 bits per heavy atom. The van der Waals surface area contributed by atoms with E-state index in [0.29, 0.717) is 39.0 Å². The lowest BCUT2D eigenvalue weighted by Gasteiger charge is -2.21. The van der Waals surface area contributed by atoms with Gasteiger partial charge >= 0.3 is 5.97 Å². The number of benzene rings is 3. The first-order valence-corrected chi connectivity index (χ1v) is 11.4. The molecule has 3 aromatic rings. The molecule has 35 heavy (non-hydrogen) atoms. The van der Waals surface area contributed by atoms with E-state index in [9.17, 15) is 9.59 Å². The van der Waals surface area contributed by atoms with E-state index < -0.39 is 5.97 Å². The zero-order valence-electron chi connectivity index (χ0n) is 19.6. The third-order valence-corrected chi connectivity index (χ3v) is 5.72. The van der Waals surface area contributed by atoms with Gasteiger partial charge in [0.05, 0.1) is 37.8 Å². The van der Waals surface area contributed by atoms with Gasteiger partial charge in [0.1, 0.15) is 0 Å². The Hall–Kier alpha value is -4.03. The molecule has 0 spiro atoms. The maximum atomic E-state index is 13.7. The van der Waals surface area contributed by atoms with Crippen LogP contribution in [0.15, 0.2) is 78.4 Å². The lowest BCUT2D eigenvalue weighted by atomic mass is 10.1. The summed E-state index contributed by atoms with van der Waals surface area (Å²) in [7, 11) is 3.13. The van der Waals surface area contributed by atoms with Crippen molar-refractivity contribution in [2.45, 2.75) is 6.92 Å². The van der Waals surface area contributed by atoms with Crippen LogP contribution in [-0.4, -0.2) is 32.7 Å². The standard InChI is InChI=1S/C28H24ClNO5/c1-4-35-28(32)20-6-5-7-23(16-20)30-24(19-9-11-22(29)12-10-19)17-21(27(30)31)14-18-8-13-25(33-2)26(15-18)34-3/h5-17H,4H2,1-3H3/b21-14+. The molecule has 1 heterocycles. The Bertz CT molecular complexity index is 1330. The minimum absolute atomic E-state index is 0.231. The van der Waals surface area contributed by atoms with Crippen LogP contribution >= 0.6 is 11.6 Å². The molecule has 6 nitrogen and oxygen atoms in total. The van der Waals surface area contributed by atoms with Crippen LogP contribution in [0.2, 0.25) is 5.02 Å². The number of methoxy groups -OCH3 is 2. The van der Waals surface area contributed by atoms with E-state index in [1.807, 2.05) is 24.3 Å². The van der Waals surface area contributed by atoms with Crippen LogP contribution in [0, 0.1) is 0 Å². The molecule has 3 aromatic carbocycles. The Morgan fingerprint density at radius 2 is 1.71 bits per heavy atom. The Morgan fingerprint density at radius 3 is 2.40 bits per heavy atom. The maximum absolute atomic E-state index is 13.7. The third kappa shape index (κ3) is 5.08. The Labute approximate surface area is 209 Å². The molecule has 0 aromatic heterocycles. The van der Waals surface area contributed by atoms with Gasteiger partial charge in [-0.3, -0.25) is 9.69 Å². The molecule has 0 bridgehead atoms. The molecular formula is C28H24ClNO5. The van der Waals surface area contributed by atoms with Gasteiger partial charge in [-0.25, -0.2) is 4.79 Å². The zero-order valence-corrected chi connectivity index (χ0v) is 20.3. The molecule has 7 heteroatoms. The van der Waals surface area contributed by atoms with Gasteiger partial charge in [0.25, 0.3) is 5.91 Å². The van der Waals surface area contributed by atoms with Gasteiger partial charge in [-0.05, 0) is 72.7 Å². The highest BCUT2D eigenvalue weighted by Gasteiger charge is 2.31. The van der Waals surface area contributed by atoms with Gasteiger partial charge in [-0.15, -0.1) is 0 Å². The highest BCUT2D eigenvalue weighted by Crippen LogP contribution is 2.37. The number of carbonyl (C=O) groups is 2. The molecule has 1 aliphatic rings. The monoisotopic (exact) mass is 489 g/mol. The van der Waals surface area contributed by atoms with Crippen LogP contribution in [0.25, 0.3) is 11.8 Å². The smallest absolute Gasteiger partial charge is 0.338 e. The summed E-state index contributed by atoms with van der Waals surface area (Å²) in [5.41, 5.74) is 3.64. The third-order valence-electron chi connectivity index (χ3n) is 5.47. The van der Waals surface area contributed by atoms with Crippen LogP contribution in [0.3, 0.4) is 0 Å². The fraction of sp³-hybridized carbons (Fsp3) is 0.143. The van der Waals surface area contributed by atoms with Gasteiger partial charge in [-0.2, -0.15) is 0 Å². The minimum atomic E-state index is -0.445. The molecule has 1 aliphatic heterocycles. The fourth-order valence-electron chi connectivity index (χ4n) is 3.81. The largest absolute Gasteiger partial charge is 0.493 e. The molecule has 178 valence electrons. The lowest BCUT2D eigenvalue weighted by molar-refractivity contribution is -0.113. The molecule has 0 saturated heterocycles. The second-order valence-corrected chi connectivity index (χ2v) is 8.10.